The van der Waals surface area contributed by atoms with Crippen LogP contribution < -0.4 is 0 Å². The lowest BCUT2D eigenvalue weighted by molar-refractivity contribution is 0.549. The molecule has 0 saturated heterocycles. The molecular formula is C10H15BrS. The third kappa shape index (κ3) is 2.91. The summed E-state index contributed by atoms with van der Waals surface area (Å²) >= 11 is 5.55. The summed E-state index contributed by atoms with van der Waals surface area (Å²) in [5, 5.41) is 2.15. The van der Waals surface area contributed by atoms with Crippen molar-refractivity contribution < 1.29 is 0 Å². The Hall–Kier alpha value is 0.180. The summed E-state index contributed by atoms with van der Waals surface area (Å²) < 4.78 is 0. The Morgan fingerprint density at radius 3 is 2.83 bits per heavy atom. The molecule has 0 aliphatic rings. The minimum Gasteiger partial charge on any atom is -0.149 e. The van der Waals surface area contributed by atoms with Gasteiger partial charge in [-0.15, -0.1) is 11.3 Å². The van der Waals surface area contributed by atoms with Crippen LogP contribution in [0, 0.1) is 5.92 Å². The van der Waals surface area contributed by atoms with Crippen LogP contribution in [0.15, 0.2) is 17.5 Å². The van der Waals surface area contributed by atoms with Crippen molar-refractivity contribution in [3.05, 3.63) is 22.4 Å². The standard InChI is InChI=1S/C10H15BrS/c1-3-10(11)8(2)7-9-5-4-6-12-9/h4-6,8,10H,3,7H2,1-2H3. The molecule has 0 aliphatic heterocycles. The Balaban J connectivity index is 2.41. The van der Waals surface area contributed by atoms with Crippen LogP contribution in [0.1, 0.15) is 25.1 Å². The van der Waals surface area contributed by atoms with Gasteiger partial charge in [0.1, 0.15) is 0 Å². The van der Waals surface area contributed by atoms with Crippen LogP contribution in [0.2, 0.25) is 0 Å². The van der Waals surface area contributed by atoms with Crippen molar-refractivity contribution in [3.8, 4) is 0 Å². The van der Waals surface area contributed by atoms with Crippen molar-refractivity contribution in [1.29, 1.82) is 0 Å². The lowest BCUT2D eigenvalue weighted by Crippen LogP contribution is -2.11. The molecule has 1 aromatic heterocycles. The zero-order valence-electron chi connectivity index (χ0n) is 7.59. The second-order valence-corrected chi connectivity index (χ2v) is 5.39. The summed E-state index contributed by atoms with van der Waals surface area (Å²) in [6.07, 6.45) is 2.42. The molecule has 2 atom stereocenters. The monoisotopic (exact) mass is 246 g/mol. The first-order valence-corrected chi connectivity index (χ1v) is 6.20. The molecule has 68 valence electrons. The summed E-state index contributed by atoms with van der Waals surface area (Å²) in [7, 11) is 0. The summed E-state index contributed by atoms with van der Waals surface area (Å²) in [5.41, 5.74) is 0. The van der Waals surface area contributed by atoms with Crippen LogP contribution in [0.5, 0.6) is 0 Å². The maximum atomic E-state index is 3.69. The van der Waals surface area contributed by atoms with Gasteiger partial charge in [0.2, 0.25) is 0 Å². The van der Waals surface area contributed by atoms with Gasteiger partial charge in [0.05, 0.1) is 0 Å². The predicted octanol–water partition coefficient (Wildman–Crippen LogP) is 4.10. The number of hydrogen-bond donors (Lipinski definition) is 0. The minimum atomic E-state index is 0.666. The van der Waals surface area contributed by atoms with E-state index in [4.69, 9.17) is 0 Å². The van der Waals surface area contributed by atoms with Gasteiger partial charge in [-0.3, -0.25) is 0 Å². The van der Waals surface area contributed by atoms with Gasteiger partial charge in [-0.25, -0.2) is 0 Å². The van der Waals surface area contributed by atoms with Gasteiger partial charge >= 0.3 is 0 Å². The molecular weight excluding hydrogens is 232 g/mol. The van der Waals surface area contributed by atoms with Gasteiger partial charge in [-0.05, 0) is 30.2 Å². The average Bonchev–Trinajstić information content (AvgIpc) is 2.55. The van der Waals surface area contributed by atoms with Crippen molar-refractivity contribution in [1.82, 2.24) is 0 Å². The quantitative estimate of drug-likeness (QED) is 0.702. The average molecular weight is 247 g/mol. The Morgan fingerprint density at radius 1 is 1.58 bits per heavy atom. The fourth-order valence-corrected chi connectivity index (χ4v) is 2.31. The minimum absolute atomic E-state index is 0.666. The van der Waals surface area contributed by atoms with Gasteiger partial charge in [-0.2, -0.15) is 0 Å². The number of hydrogen-bond acceptors (Lipinski definition) is 1. The van der Waals surface area contributed by atoms with Crippen LogP contribution >= 0.6 is 27.3 Å². The van der Waals surface area contributed by atoms with E-state index in [-0.39, 0.29) is 0 Å². The highest BCUT2D eigenvalue weighted by Gasteiger charge is 2.12. The molecule has 0 fully saturated rings. The highest BCUT2D eigenvalue weighted by Crippen LogP contribution is 2.22. The normalized spacial score (nSPS) is 15.9. The van der Waals surface area contributed by atoms with Crippen molar-refractivity contribution in [2.45, 2.75) is 31.5 Å². The summed E-state index contributed by atoms with van der Waals surface area (Å²) in [6, 6.07) is 4.35. The fraction of sp³-hybridized carbons (Fsp3) is 0.600. The Morgan fingerprint density at radius 2 is 2.33 bits per heavy atom. The first-order valence-electron chi connectivity index (χ1n) is 4.40. The Kier molecular flexibility index (Phi) is 4.30. The van der Waals surface area contributed by atoms with Crippen LogP contribution in [-0.2, 0) is 6.42 Å². The van der Waals surface area contributed by atoms with Gasteiger partial charge in [0, 0.05) is 9.70 Å². The first-order chi connectivity index (χ1) is 5.74. The molecule has 0 nitrogen and oxygen atoms in total. The van der Waals surface area contributed by atoms with Gasteiger partial charge in [0.25, 0.3) is 0 Å². The maximum Gasteiger partial charge on any atom is 0.0172 e. The second kappa shape index (κ2) is 5.03. The van der Waals surface area contributed by atoms with E-state index >= 15 is 0 Å². The van der Waals surface area contributed by atoms with Crippen molar-refractivity contribution in [3.63, 3.8) is 0 Å². The van der Waals surface area contributed by atoms with Gasteiger partial charge in [-0.1, -0.05) is 35.8 Å². The molecule has 1 aromatic rings. The molecule has 0 N–H and O–H groups in total. The lowest BCUT2D eigenvalue weighted by Gasteiger charge is -2.15. The molecule has 0 radical (unpaired) electrons. The van der Waals surface area contributed by atoms with E-state index in [0.717, 1.165) is 5.92 Å². The van der Waals surface area contributed by atoms with Crippen LogP contribution in [0.25, 0.3) is 0 Å². The number of thiophene rings is 1. The van der Waals surface area contributed by atoms with E-state index in [1.54, 1.807) is 0 Å². The Bertz CT molecular complexity index is 206. The van der Waals surface area contributed by atoms with Gasteiger partial charge in [0.15, 0.2) is 0 Å². The molecule has 0 aromatic carbocycles. The molecule has 2 heteroatoms. The van der Waals surface area contributed by atoms with E-state index in [1.807, 2.05) is 11.3 Å². The fourth-order valence-electron chi connectivity index (χ4n) is 1.28. The largest absolute Gasteiger partial charge is 0.149 e. The van der Waals surface area contributed by atoms with Crippen LogP contribution in [-0.4, -0.2) is 4.83 Å². The molecule has 12 heavy (non-hydrogen) atoms. The highest BCUT2D eigenvalue weighted by atomic mass is 79.9. The molecule has 1 heterocycles. The highest BCUT2D eigenvalue weighted by molar-refractivity contribution is 9.09. The summed E-state index contributed by atoms with van der Waals surface area (Å²) in [6.45, 7) is 4.53. The molecule has 0 bridgehead atoms. The van der Waals surface area contributed by atoms with E-state index in [1.165, 1.54) is 17.7 Å². The third-order valence-electron chi connectivity index (χ3n) is 2.11. The SMILES string of the molecule is CCC(Br)C(C)Cc1cccs1. The zero-order valence-corrected chi connectivity index (χ0v) is 9.99. The topological polar surface area (TPSA) is 0 Å². The third-order valence-corrected chi connectivity index (χ3v) is 4.56. The molecule has 0 spiro atoms. The molecule has 0 amide bonds. The van der Waals surface area contributed by atoms with Crippen LogP contribution in [0.4, 0.5) is 0 Å². The Labute approximate surface area is 87.1 Å². The number of rotatable bonds is 4. The van der Waals surface area contributed by atoms with E-state index in [9.17, 15) is 0 Å². The summed E-state index contributed by atoms with van der Waals surface area (Å²) in [5.74, 6) is 0.744. The maximum absolute atomic E-state index is 3.69. The lowest BCUT2D eigenvalue weighted by atomic mass is 10.0. The molecule has 1 rings (SSSR count). The van der Waals surface area contributed by atoms with E-state index < -0.39 is 0 Å². The van der Waals surface area contributed by atoms with E-state index in [2.05, 4.69) is 47.3 Å². The summed E-state index contributed by atoms with van der Waals surface area (Å²) in [4.78, 5) is 2.17. The first kappa shape index (κ1) is 10.3. The van der Waals surface area contributed by atoms with Crippen molar-refractivity contribution in [2.24, 2.45) is 5.92 Å². The second-order valence-electron chi connectivity index (χ2n) is 3.19. The van der Waals surface area contributed by atoms with Crippen molar-refractivity contribution >= 4 is 27.3 Å². The number of halogens is 1. The molecule has 0 saturated carbocycles. The molecule has 2 unspecified atom stereocenters. The van der Waals surface area contributed by atoms with Crippen molar-refractivity contribution in [2.75, 3.05) is 0 Å². The van der Waals surface area contributed by atoms with E-state index in [0.29, 0.717) is 4.83 Å². The van der Waals surface area contributed by atoms with Crippen LogP contribution in [0.3, 0.4) is 0 Å². The molecule has 0 aliphatic carbocycles. The predicted molar refractivity (Wildman–Crippen MR) is 60.2 cm³/mol. The number of alkyl halides is 1. The smallest absolute Gasteiger partial charge is 0.0172 e. The zero-order chi connectivity index (χ0) is 8.97. The van der Waals surface area contributed by atoms with Gasteiger partial charge < -0.3 is 0 Å².